The monoisotopic (exact) mass is 611 g/mol. The van der Waals surface area contributed by atoms with Gasteiger partial charge in [-0.3, -0.25) is 19.4 Å². The SMILES string of the molecule is Cl.NC(=O)c1ccc(Oc2ccc(C=C3SC(=S)N(c4ccc(OCCCN5CCOCC5)cc4)C3=O)cc2)cc1. The normalized spacial score (nSPS) is 16.5. The number of primary amides is 1. The lowest BCUT2D eigenvalue weighted by Crippen LogP contribution is -2.37. The van der Waals surface area contributed by atoms with E-state index in [-0.39, 0.29) is 18.3 Å². The molecule has 214 valence electrons. The first kappa shape index (κ1) is 30.5. The number of morpholine rings is 1. The van der Waals surface area contributed by atoms with Crippen LogP contribution in [0.3, 0.4) is 0 Å². The van der Waals surface area contributed by atoms with E-state index in [1.165, 1.54) is 11.8 Å². The zero-order chi connectivity index (χ0) is 27.9. The maximum atomic E-state index is 13.2. The fourth-order valence-corrected chi connectivity index (χ4v) is 5.59. The number of carbonyl (C=O) groups is 2. The Morgan fingerprint density at radius 3 is 2.20 bits per heavy atom. The van der Waals surface area contributed by atoms with Crippen LogP contribution in [-0.2, 0) is 9.53 Å². The number of thioether (sulfide) groups is 1. The standard InChI is InChI=1S/C30H29N3O5S2.ClH/c31-28(34)22-4-10-26(11-5-22)38-25-8-2-21(3-9-25)20-27-29(35)33(30(39)40-27)23-6-12-24(13-7-23)37-17-1-14-32-15-18-36-19-16-32;/h2-13,20H,1,14-19H2,(H2,31,34);1H. The number of benzene rings is 3. The highest BCUT2D eigenvalue weighted by Crippen LogP contribution is 2.36. The minimum Gasteiger partial charge on any atom is -0.494 e. The van der Waals surface area contributed by atoms with Gasteiger partial charge in [0.15, 0.2) is 4.32 Å². The molecule has 0 spiro atoms. The summed E-state index contributed by atoms with van der Waals surface area (Å²) in [7, 11) is 0. The third-order valence-corrected chi connectivity index (χ3v) is 7.73. The van der Waals surface area contributed by atoms with Crippen molar-refractivity contribution < 1.29 is 23.8 Å². The molecule has 2 heterocycles. The fourth-order valence-electron chi connectivity index (χ4n) is 4.29. The topological polar surface area (TPSA) is 94.3 Å². The van der Waals surface area contributed by atoms with Crippen LogP contribution in [0.25, 0.3) is 6.08 Å². The van der Waals surface area contributed by atoms with Crippen LogP contribution < -0.4 is 20.1 Å². The molecule has 41 heavy (non-hydrogen) atoms. The van der Waals surface area contributed by atoms with Gasteiger partial charge in [0.25, 0.3) is 5.91 Å². The van der Waals surface area contributed by atoms with Crippen molar-refractivity contribution in [1.82, 2.24) is 4.90 Å². The number of rotatable bonds is 10. The van der Waals surface area contributed by atoms with E-state index in [1.807, 2.05) is 54.6 Å². The number of halogens is 1. The van der Waals surface area contributed by atoms with E-state index in [0.29, 0.717) is 38.6 Å². The maximum absolute atomic E-state index is 13.2. The van der Waals surface area contributed by atoms with Gasteiger partial charge in [0.2, 0.25) is 5.91 Å². The van der Waals surface area contributed by atoms with E-state index in [9.17, 15) is 9.59 Å². The summed E-state index contributed by atoms with van der Waals surface area (Å²) in [5, 5.41) is 0. The average molecular weight is 612 g/mol. The van der Waals surface area contributed by atoms with Gasteiger partial charge in [-0.05, 0) is 78.7 Å². The summed E-state index contributed by atoms with van der Waals surface area (Å²) < 4.78 is 17.6. The lowest BCUT2D eigenvalue weighted by Gasteiger charge is -2.26. The largest absolute Gasteiger partial charge is 0.494 e. The molecular weight excluding hydrogens is 582 g/mol. The van der Waals surface area contributed by atoms with Gasteiger partial charge in [0.05, 0.1) is 30.4 Å². The molecule has 3 aromatic rings. The number of carbonyl (C=O) groups excluding carboxylic acids is 2. The van der Waals surface area contributed by atoms with E-state index >= 15 is 0 Å². The molecule has 0 aromatic heterocycles. The van der Waals surface area contributed by atoms with Crippen molar-refractivity contribution in [3.05, 3.63) is 88.8 Å². The van der Waals surface area contributed by atoms with Crippen LogP contribution in [0, 0.1) is 0 Å². The Balaban J connectivity index is 0.00000387. The van der Waals surface area contributed by atoms with Gasteiger partial charge in [0.1, 0.15) is 17.2 Å². The Morgan fingerprint density at radius 2 is 1.56 bits per heavy atom. The predicted molar refractivity (Wildman–Crippen MR) is 168 cm³/mol. The zero-order valence-corrected chi connectivity index (χ0v) is 24.6. The molecule has 0 unspecified atom stereocenters. The van der Waals surface area contributed by atoms with Crippen molar-refractivity contribution in [3.63, 3.8) is 0 Å². The molecule has 2 fully saturated rings. The van der Waals surface area contributed by atoms with Crippen LogP contribution in [-0.4, -0.2) is 60.5 Å². The van der Waals surface area contributed by atoms with Gasteiger partial charge < -0.3 is 19.9 Å². The van der Waals surface area contributed by atoms with Crippen molar-refractivity contribution in [2.45, 2.75) is 6.42 Å². The molecule has 2 saturated heterocycles. The van der Waals surface area contributed by atoms with Gasteiger partial charge in [0, 0.05) is 25.2 Å². The molecule has 8 nitrogen and oxygen atoms in total. The van der Waals surface area contributed by atoms with Crippen molar-refractivity contribution in [2.24, 2.45) is 5.73 Å². The quantitative estimate of drug-likeness (QED) is 0.182. The number of ether oxygens (including phenoxy) is 3. The molecule has 2 amide bonds. The summed E-state index contributed by atoms with van der Waals surface area (Å²) in [5.41, 5.74) is 7.24. The Kier molecular flexibility index (Phi) is 10.8. The second kappa shape index (κ2) is 14.5. The lowest BCUT2D eigenvalue weighted by atomic mass is 10.2. The molecule has 2 aliphatic rings. The minimum atomic E-state index is -0.488. The number of thiocarbonyl (C=S) groups is 1. The van der Waals surface area contributed by atoms with Crippen LogP contribution in [0.4, 0.5) is 5.69 Å². The molecule has 0 aliphatic carbocycles. The first-order valence-corrected chi connectivity index (χ1v) is 14.2. The van der Waals surface area contributed by atoms with Crippen LogP contribution in [0.2, 0.25) is 0 Å². The number of anilines is 1. The molecule has 0 saturated carbocycles. The van der Waals surface area contributed by atoms with Gasteiger partial charge in [-0.25, -0.2) is 0 Å². The maximum Gasteiger partial charge on any atom is 0.270 e. The summed E-state index contributed by atoms with van der Waals surface area (Å²) in [6.45, 7) is 5.17. The molecule has 2 N–H and O–H groups in total. The molecule has 3 aromatic carbocycles. The van der Waals surface area contributed by atoms with Crippen LogP contribution in [0.5, 0.6) is 17.2 Å². The van der Waals surface area contributed by atoms with Gasteiger partial charge in [-0.15, -0.1) is 12.4 Å². The minimum absolute atomic E-state index is 0. The number of hydrogen-bond acceptors (Lipinski definition) is 8. The van der Waals surface area contributed by atoms with Crippen LogP contribution >= 0.6 is 36.4 Å². The zero-order valence-electron chi connectivity index (χ0n) is 22.2. The van der Waals surface area contributed by atoms with Gasteiger partial charge in [-0.1, -0.05) is 36.1 Å². The molecule has 11 heteroatoms. The Hall–Kier alpha value is -3.41. The molecule has 5 rings (SSSR count). The van der Waals surface area contributed by atoms with E-state index < -0.39 is 5.91 Å². The van der Waals surface area contributed by atoms with E-state index in [1.54, 1.807) is 29.2 Å². The first-order valence-electron chi connectivity index (χ1n) is 12.9. The van der Waals surface area contributed by atoms with E-state index in [4.69, 9.17) is 32.2 Å². The highest BCUT2D eigenvalue weighted by Gasteiger charge is 2.33. The molecule has 0 bridgehead atoms. The second-order valence-electron chi connectivity index (χ2n) is 9.23. The summed E-state index contributed by atoms with van der Waals surface area (Å²) in [4.78, 5) is 28.9. The Labute approximate surface area is 254 Å². The second-order valence-corrected chi connectivity index (χ2v) is 10.9. The molecule has 2 aliphatic heterocycles. The fraction of sp³-hybridized carbons (Fsp3) is 0.233. The van der Waals surface area contributed by atoms with Crippen molar-refractivity contribution in [2.75, 3.05) is 44.4 Å². The van der Waals surface area contributed by atoms with Crippen molar-refractivity contribution in [1.29, 1.82) is 0 Å². The Morgan fingerprint density at radius 1 is 0.951 bits per heavy atom. The van der Waals surface area contributed by atoms with Crippen molar-refractivity contribution >= 4 is 64.3 Å². The van der Waals surface area contributed by atoms with E-state index in [0.717, 1.165) is 50.6 Å². The lowest BCUT2D eigenvalue weighted by molar-refractivity contribution is -0.113. The van der Waals surface area contributed by atoms with Crippen LogP contribution in [0.1, 0.15) is 22.3 Å². The predicted octanol–water partition coefficient (Wildman–Crippen LogP) is 5.51. The van der Waals surface area contributed by atoms with E-state index in [2.05, 4.69) is 4.90 Å². The summed E-state index contributed by atoms with van der Waals surface area (Å²) >= 11 is 6.80. The summed E-state index contributed by atoms with van der Waals surface area (Å²) in [5.74, 6) is 1.32. The van der Waals surface area contributed by atoms with Gasteiger partial charge in [-0.2, -0.15) is 0 Å². The summed E-state index contributed by atoms with van der Waals surface area (Å²) in [6.07, 6.45) is 2.76. The smallest absolute Gasteiger partial charge is 0.270 e. The van der Waals surface area contributed by atoms with Crippen LogP contribution in [0.15, 0.2) is 77.7 Å². The highest BCUT2D eigenvalue weighted by molar-refractivity contribution is 8.27. The molecule has 0 atom stereocenters. The van der Waals surface area contributed by atoms with Gasteiger partial charge >= 0.3 is 0 Å². The molecule has 0 radical (unpaired) electrons. The number of hydrogen-bond donors (Lipinski definition) is 1. The average Bonchev–Trinajstić information content (AvgIpc) is 3.25. The third-order valence-electron chi connectivity index (χ3n) is 6.43. The number of nitrogens with two attached hydrogens (primary N) is 1. The number of amides is 2. The Bertz CT molecular complexity index is 1390. The first-order chi connectivity index (χ1) is 19.5. The third kappa shape index (κ3) is 8.08. The van der Waals surface area contributed by atoms with Crippen molar-refractivity contribution in [3.8, 4) is 17.2 Å². The molecular formula is C30H30ClN3O5S2. The highest BCUT2D eigenvalue weighted by atomic mass is 35.5. The summed E-state index contributed by atoms with van der Waals surface area (Å²) in [6, 6.07) is 21.4. The number of nitrogens with zero attached hydrogens (tertiary/aromatic N) is 2.